The van der Waals surface area contributed by atoms with Crippen LogP contribution in [-0.4, -0.2) is 49.2 Å². The number of benzene rings is 1. The maximum atomic E-state index is 11.2. The number of rotatable bonds is 6. The van der Waals surface area contributed by atoms with Gasteiger partial charge >= 0.3 is 0 Å². The standard InChI is InChI=1S/C19H25N5O2S2/c1-28(25,26)22-7-4-14-5-10-24(11-6-14)13-15-2-3-17-16(12-15)23-18-19(27-17)21-9-8-20-18/h2-3,8-9,12,14,22H,4-7,10-11,13H2,1H3,(H,20,23). The molecular weight excluding hydrogens is 394 g/mol. The molecule has 0 atom stereocenters. The molecule has 1 fully saturated rings. The Hall–Kier alpha value is -1.68. The van der Waals surface area contributed by atoms with Crippen molar-refractivity contribution in [2.75, 3.05) is 31.2 Å². The van der Waals surface area contributed by atoms with Crippen LogP contribution in [0, 0.1) is 5.92 Å². The molecule has 2 aliphatic rings. The fourth-order valence-electron chi connectivity index (χ4n) is 3.72. The molecule has 1 saturated heterocycles. The van der Waals surface area contributed by atoms with Gasteiger partial charge in [0.1, 0.15) is 5.03 Å². The Balaban J connectivity index is 1.29. The number of aromatic nitrogens is 2. The van der Waals surface area contributed by atoms with E-state index in [0.717, 1.165) is 55.4 Å². The molecule has 0 spiro atoms. The molecular formula is C19H25N5O2S2. The predicted octanol–water partition coefficient (Wildman–Crippen LogP) is 2.84. The van der Waals surface area contributed by atoms with Gasteiger partial charge < -0.3 is 5.32 Å². The molecule has 150 valence electrons. The van der Waals surface area contributed by atoms with Gasteiger partial charge in [-0.25, -0.2) is 23.1 Å². The van der Waals surface area contributed by atoms with Crippen LogP contribution in [0.4, 0.5) is 11.5 Å². The van der Waals surface area contributed by atoms with Gasteiger partial charge in [-0.15, -0.1) is 0 Å². The highest BCUT2D eigenvalue weighted by Gasteiger charge is 2.21. The molecule has 0 aliphatic carbocycles. The molecule has 1 aromatic carbocycles. The molecule has 0 saturated carbocycles. The zero-order valence-corrected chi connectivity index (χ0v) is 17.5. The second-order valence-electron chi connectivity index (χ2n) is 7.44. The van der Waals surface area contributed by atoms with Crippen molar-refractivity contribution in [2.24, 2.45) is 5.92 Å². The summed E-state index contributed by atoms with van der Waals surface area (Å²) in [5, 5.41) is 4.30. The minimum Gasteiger partial charge on any atom is -0.337 e. The Morgan fingerprint density at radius 1 is 1.25 bits per heavy atom. The van der Waals surface area contributed by atoms with Crippen LogP contribution in [0.15, 0.2) is 40.5 Å². The quantitative estimate of drug-likeness (QED) is 0.635. The topological polar surface area (TPSA) is 87.2 Å². The van der Waals surface area contributed by atoms with Crippen LogP contribution in [0.2, 0.25) is 0 Å². The highest BCUT2D eigenvalue weighted by Crippen LogP contribution is 2.42. The Morgan fingerprint density at radius 2 is 2.04 bits per heavy atom. The first-order valence-electron chi connectivity index (χ1n) is 9.52. The van der Waals surface area contributed by atoms with Gasteiger partial charge in [0.2, 0.25) is 10.0 Å². The van der Waals surface area contributed by atoms with Gasteiger partial charge in [-0.05, 0) is 56.0 Å². The van der Waals surface area contributed by atoms with Gasteiger partial charge in [0.05, 0.1) is 11.9 Å². The monoisotopic (exact) mass is 419 g/mol. The minimum atomic E-state index is -3.08. The summed E-state index contributed by atoms with van der Waals surface area (Å²) < 4.78 is 24.9. The van der Waals surface area contributed by atoms with E-state index in [4.69, 9.17) is 0 Å². The Kier molecular flexibility index (Phi) is 5.86. The number of fused-ring (bicyclic) bond motifs is 2. The third-order valence-corrected chi connectivity index (χ3v) is 7.00. The first kappa shape index (κ1) is 19.6. The number of hydrogen-bond donors (Lipinski definition) is 2. The molecule has 9 heteroatoms. The fourth-order valence-corrected chi connectivity index (χ4v) is 5.09. The van der Waals surface area contributed by atoms with Gasteiger partial charge in [0.15, 0.2) is 5.82 Å². The Labute approximate surface area is 170 Å². The van der Waals surface area contributed by atoms with Gasteiger partial charge in [-0.1, -0.05) is 17.8 Å². The van der Waals surface area contributed by atoms with Crippen LogP contribution >= 0.6 is 11.8 Å². The number of anilines is 2. The Bertz CT molecular complexity index is 943. The molecule has 0 radical (unpaired) electrons. The van der Waals surface area contributed by atoms with Crippen LogP contribution in [0.5, 0.6) is 0 Å². The largest absolute Gasteiger partial charge is 0.337 e. The maximum Gasteiger partial charge on any atom is 0.208 e. The lowest BCUT2D eigenvalue weighted by molar-refractivity contribution is 0.173. The zero-order chi connectivity index (χ0) is 19.6. The lowest BCUT2D eigenvalue weighted by Crippen LogP contribution is -2.34. The van der Waals surface area contributed by atoms with Gasteiger partial charge in [0.25, 0.3) is 0 Å². The van der Waals surface area contributed by atoms with E-state index < -0.39 is 10.0 Å². The molecule has 0 unspecified atom stereocenters. The van der Waals surface area contributed by atoms with Crippen LogP contribution in [0.1, 0.15) is 24.8 Å². The van der Waals surface area contributed by atoms with E-state index in [2.05, 4.69) is 43.1 Å². The van der Waals surface area contributed by atoms with Crippen LogP contribution in [0.3, 0.4) is 0 Å². The molecule has 7 nitrogen and oxygen atoms in total. The summed E-state index contributed by atoms with van der Waals surface area (Å²) in [7, 11) is -3.08. The summed E-state index contributed by atoms with van der Waals surface area (Å²) in [4.78, 5) is 12.4. The number of piperidine rings is 1. The van der Waals surface area contributed by atoms with Gasteiger partial charge in [-0.2, -0.15) is 0 Å². The van der Waals surface area contributed by atoms with Crippen molar-refractivity contribution < 1.29 is 8.42 Å². The van der Waals surface area contributed by atoms with E-state index in [1.807, 2.05) is 0 Å². The molecule has 2 aromatic rings. The second-order valence-corrected chi connectivity index (χ2v) is 10.3. The van der Waals surface area contributed by atoms with Crippen molar-refractivity contribution in [3.63, 3.8) is 0 Å². The maximum absolute atomic E-state index is 11.2. The summed E-state index contributed by atoms with van der Waals surface area (Å²) in [6.45, 7) is 3.58. The summed E-state index contributed by atoms with van der Waals surface area (Å²) in [6.07, 6.45) is 7.79. The van der Waals surface area contributed by atoms with Gasteiger partial charge in [0, 0.05) is 30.4 Å². The average Bonchev–Trinajstić information content (AvgIpc) is 2.67. The van der Waals surface area contributed by atoms with E-state index in [1.165, 1.54) is 16.7 Å². The normalized spacial score (nSPS) is 17.6. The first-order valence-corrected chi connectivity index (χ1v) is 12.2. The predicted molar refractivity (Wildman–Crippen MR) is 111 cm³/mol. The highest BCUT2D eigenvalue weighted by atomic mass is 32.2. The van der Waals surface area contributed by atoms with Gasteiger partial charge in [-0.3, -0.25) is 4.90 Å². The SMILES string of the molecule is CS(=O)(=O)NCCC1CCN(Cc2ccc3c(c2)Nc2nccnc2S3)CC1. The third kappa shape index (κ3) is 5.02. The fraction of sp³-hybridized carbons (Fsp3) is 0.474. The zero-order valence-electron chi connectivity index (χ0n) is 15.9. The van der Waals surface area contributed by atoms with Crippen molar-refractivity contribution >= 4 is 33.3 Å². The first-order chi connectivity index (χ1) is 13.5. The van der Waals surface area contributed by atoms with E-state index in [9.17, 15) is 8.42 Å². The lowest BCUT2D eigenvalue weighted by atomic mass is 9.93. The van der Waals surface area contributed by atoms with E-state index in [0.29, 0.717) is 12.5 Å². The summed E-state index contributed by atoms with van der Waals surface area (Å²) in [5.74, 6) is 1.42. The average molecular weight is 420 g/mol. The van der Waals surface area contributed by atoms with E-state index >= 15 is 0 Å². The lowest BCUT2D eigenvalue weighted by Gasteiger charge is -2.32. The number of likely N-dealkylation sites (tertiary alicyclic amines) is 1. The molecule has 3 heterocycles. The molecule has 28 heavy (non-hydrogen) atoms. The number of nitrogens with one attached hydrogen (secondary N) is 2. The van der Waals surface area contributed by atoms with Crippen molar-refractivity contribution in [1.29, 1.82) is 0 Å². The molecule has 4 rings (SSSR count). The molecule has 1 aromatic heterocycles. The number of nitrogens with zero attached hydrogens (tertiary/aromatic N) is 3. The third-order valence-electron chi connectivity index (χ3n) is 5.20. The van der Waals surface area contributed by atoms with Crippen molar-refractivity contribution in [3.05, 3.63) is 36.2 Å². The van der Waals surface area contributed by atoms with Crippen molar-refractivity contribution in [3.8, 4) is 0 Å². The van der Waals surface area contributed by atoms with Crippen molar-refractivity contribution in [2.45, 2.75) is 35.7 Å². The number of sulfonamides is 1. The van der Waals surface area contributed by atoms with Crippen molar-refractivity contribution in [1.82, 2.24) is 19.6 Å². The highest BCUT2D eigenvalue weighted by molar-refractivity contribution is 7.99. The molecule has 0 bridgehead atoms. The molecule has 0 amide bonds. The smallest absolute Gasteiger partial charge is 0.208 e. The van der Waals surface area contributed by atoms with E-state index in [1.54, 1.807) is 24.2 Å². The second kappa shape index (κ2) is 8.36. The summed E-state index contributed by atoms with van der Waals surface area (Å²) in [5.41, 5.74) is 2.38. The molecule has 2 aliphatic heterocycles. The summed E-state index contributed by atoms with van der Waals surface area (Å²) >= 11 is 1.65. The molecule has 2 N–H and O–H groups in total. The number of hydrogen-bond acceptors (Lipinski definition) is 7. The minimum absolute atomic E-state index is 0.544. The Morgan fingerprint density at radius 3 is 2.82 bits per heavy atom. The summed E-state index contributed by atoms with van der Waals surface area (Å²) in [6, 6.07) is 6.56. The van der Waals surface area contributed by atoms with E-state index in [-0.39, 0.29) is 0 Å². The van der Waals surface area contributed by atoms with Crippen LogP contribution in [0.25, 0.3) is 0 Å². The van der Waals surface area contributed by atoms with Crippen LogP contribution < -0.4 is 10.0 Å². The van der Waals surface area contributed by atoms with Crippen LogP contribution in [-0.2, 0) is 16.6 Å².